The first-order chi connectivity index (χ1) is 17.3. The van der Waals surface area contributed by atoms with Crippen molar-refractivity contribution in [1.82, 2.24) is 9.78 Å². The molecular weight excluding hydrogens is 476 g/mol. The highest BCUT2D eigenvalue weighted by molar-refractivity contribution is 6.03. The van der Waals surface area contributed by atoms with Gasteiger partial charge in [-0.3, -0.25) is 9.59 Å². The molecule has 0 saturated heterocycles. The van der Waals surface area contributed by atoms with Crippen molar-refractivity contribution in [2.45, 2.75) is 12.8 Å². The second kappa shape index (κ2) is 9.10. The van der Waals surface area contributed by atoms with Crippen molar-refractivity contribution in [3.8, 4) is 11.5 Å². The summed E-state index contributed by atoms with van der Waals surface area (Å²) in [4.78, 5) is 38.1. The van der Waals surface area contributed by atoms with Crippen molar-refractivity contribution in [3.05, 3.63) is 94.4 Å². The minimum atomic E-state index is -3.78. The van der Waals surface area contributed by atoms with Crippen LogP contribution < -0.4 is 20.3 Å². The zero-order valence-electron chi connectivity index (χ0n) is 18.4. The van der Waals surface area contributed by atoms with Crippen LogP contribution in [0.4, 0.5) is 14.5 Å². The summed E-state index contributed by atoms with van der Waals surface area (Å²) >= 11 is 0. The number of amides is 1. The third kappa shape index (κ3) is 4.71. The molecule has 3 aromatic carbocycles. The highest BCUT2D eigenvalue weighted by atomic mass is 19.3. The summed E-state index contributed by atoms with van der Waals surface area (Å²) in [7, 11) is 0. The van der Waals surface area contributed by atoms with Crippen LogP contribution in [0.2, 0.25) is 0 Å². The van der Waals surface area contributed by atoms with Gasteiger partial charge in [-0.05, 0) is 23.8 Å². The van der Waals surface area contributed by atoms with Gasteiger partial charge in [0, 0.05) is 17.1 Å². The van der Waals surface area contributed by atoms with Crippen LogP contribution >= 0.6 is 0 Å². The molecule has 1 amide bonds. The van der Waals surface area contributed by atoms with E-state index in [0.717, 1.165) is 16.3 Å². The van der Waals surface area contributed by atoms with Gasteiger partial charge in [-0.2, -0.15) is 5.10 Å². The van der Waals surface area contributed by atoms with Crippen LogP contribution in [0.3, 0.4) is 0 Å². The van der Waals surface area contributed by atoms with Gasteiger partial charge in [0.15, 0.2) is 23.8 Å². The van der Waals surface area contributed by atoms with Gasteiger partial charge in [0.25, 0.3) is 11.5 Å². The Bertz CT molecular complexity index is 1540. The van der Waals surface area contributed by atoms with E-state index in [0.29, 0.717) is 0 Å². The number of nitrogens with one attached hydrogen (secondary N) is 1. The molecule has 0 spiro atoms. The molecule has 2 heterocycles. The van der Waals surface area contributed by atoms with Gasteiger partial charge in [0.05, 0.1) is 11.9 Å². The second-order valence-electron chi connectivity index (χ2n) is 7.80. The molecule has 0 saturated carbocycles. The van der Waals surface area contributed by atoms with E-state index in [2.05, 4.69) is 19.9 Å². The average molecular weight is 493 g/mol. The van der Waals surface area contributed by atoms with E-state index in [-0.39, 0.29) is 45.8 Å². The molecule has 1 N–H and O–H groups in total. The lowest BCUT2D eigenvalue weighted by Gasteiger charge is -2.11. The maximum absolute atomic E-state index is 13.2. The first-order valence-corrected chi connectivity index (χ1v) is 10.7. The number of esters is 1. The van der Waals surface area contributed by atoms with Gasteiger partial charge in [-0.15, -0.1) is 8.78 Å². The minimum Gasteiger partial charge on any atom is -0.451 e. The van der Waals surface area contributed by atoms with Crippen LogP contribution in [0, 0.1) is 0 Å². The minimum absolute atomic E-state index is 0.126. The third-order valence-electron chi connectivity index (χ3n) is 5.26. The lowest BCUT2D eigenvalue weighted by Crippen LogP contribution is -2.28. The number of carbonyl (C=O) groups excluding carboxylic acids is 2. The number of aromatic nitrogens is 2. The highest BCUT2D eigenvalue weighted by Gasteiger charge is 2.43. The molecule has 11 heteroatoms. The number of halogens is 2. The number of hydrogen-bond acceptors (Lipinski definition) is 7. The largest absolute Gasteiger partial charge is 0.586 e. The van der Waals surface area contributed by atoms with Crippen molar-refractivity contribution in [2.75, 3.05) is 11.9 Å². The molecule has 0 unspecified atom stereocenters. The molecule has 0 aliphatic carbocycles. The zero-order valence-corrected chi connectivity index (χ0v) is 18.4. The van der Waals surface area contributed by atoms with E-state index >= 15 is 0 Å². The second-order valence-corrected chi connectivity index (χ2v) is 7.80. The van der Waals surface area contributed by atoms with E-state index in [4.69, 9.17) is 4.74 Å². The average Bonchev–Trinajstić information content (AvgIpc) is 3.18. The number of rotatable bonds is 6. The highest BCUT2D eigenvalue weighted by Crippen LogP contribution is 2.42. The zero-order chi connectivity index (χ0) is 25.3. The molecule has 1 aromatic heterocycles. The predicted octanol–water partition coefficient (Wildman–Crippen LogP) is 3.56. The number of carbonyl (C=O) groups is 2. The molecule has 1 aliphatic rings. The molecule has 4 aromatic rings. The van der Waals surface area contributed by atoms with E-state index in [9.17, 15) is 23.2 Å². The maximum Gasteiger partial charge on any atom is 0.586 e. The summed E-state index contributed by atoms with van der Waals surface area (Å²) < 4.78 is 41.3. The van der Waals surface area contributed by atoms with Gasteiger partial charge in [-0.1, -0.05) is 48.5 Å². The van der Waals surface area contributed by atoms with E-state index in [1.54, 1.807) is 24.3 Å². The molecule has 0 fully saturated rings. The summed E-state index contributed by atoms with van der Waals surface area (Å²) in [6.07, 6.45) is -3.78. The normalized spacial score (nSPS) is 13.4. The lowest BCUT2D eigenvalue weighted by molar-refractivity contribution is -0.286. The Balaban J connectivity index is 1.32. The van der Waals surface area contributed by atoms with Crippen LogP contribution in [0.15, 0.2) is 77.6 Å². The number of hydrogen-bond donors (Lipinski definition) is 1. The molecular formula is C25H17F2N3O6. The van der Waals surface area contributed by atoms with Crippen molar-refractivity contribution in [3.63, 3.8) is 0 Å². The van der Waals surface area contributed by atoms with Crippen LogP contribution in [0.5, 0.6) is 11.5 Å². The quantitative estimate of drug-likeness (QED) is 0.409. The number of alkyl halides is 2. The fraction of sp³-hybridized carbons (Fsp3) is 0.120. The Morgan fingerprint density at radius 1 is 0.944 bits per heavy atom. The summed E-state index contributed by atoms with van der Waals surface area (Å²) in [5, 5.41) is 7.19. The fourth-order valence-corrected chi connectivity index (χ4v) is 3.67. The van der Waals surface area contributed by atoms with Gasteiger partial charge in [0.1, 0.15) is 0 Å². The Labute approximate surface area is 201 Å². The van der Waals surface area contributed by atoms with Crippen LogP contribution in [0.25, 0.3) is 10.8 Å². The number of fused-ring (bicyclic) bond motifs is 2. The molecule has 182 valence electrons. The Hall–Kier alpha value is -4.80. The first kappa shape index (κ1) is 23.0. The summed E-state index contributed by atoms with van der Waals surface area (Å²) in [6, 6.07) is 19.3. The van der Waals surface area contributed by atoms with E-state index in [1.807, 2.05) is 30.3 Å². The summed E-state index contributed by atoms with van der Waals surface area (Å²) in [6.45, 7) is -0.550. The number of ether oxygens (including phenoxy) is 3. The molecule has 0 atom stereocenters. The SMILES string of the molecule is O=C(COC(=O)c1nn(Cc2ccccc2)c(=O)c2ccccc12)Nc1ccc2c(c1)OC(F)(F)O2. The van der Waals surface area contributed by atoms with E-state index in [1.165, 1.54) is 12.1 Å². The van der Waals surface area contributed by atoms with Crippen molar-refractivity contribution < 1.29 is 32.6 Å². The summed E-state index contributed by atoms with van der Waals surface area (Å²) in [5.74, 6) is -2.05. The van der Waals surface area contributed by atoms with Gasteiger partial charge < -0.3 is 19.5 Å². The number of benzene rings is 3. The monoisotopic (exact) mass is 493 g/mol. The smallest absolute Gasteiger partial charge is 0.451 e. The van der Waals surface area contributed by atoms with Gasteiger partial charge in [-0.25, -0.2) is 9.48 Å². The summed E-state index contributed by atoms with van der Waals surface area (Å²) in [5.41, 5.74) is 0.440. The first-order valence-electron chi connectivity index (χ1n) is 10.7. The van der Waals surface area contributed by atoms with Crippen molar-refractivity contribution >= 4 is 28.3 Å². The molecule has 5 rings (SSSR count). The predicted molar refractivity (Wildman–Crippen MR) is 123 cm³/mol. The Morgan fingerprint density at radius 2 is 1.64 bits per heavy atom. The standard InChI is InChI=1S/C25H17F2N3O6/c26-25(27)35-19-11-10-16(12-20(19)36-25)28-21(31)14-34-24(33)22-17-8-4-5-9-18(17)23(32)30(29-22)13-15-6-2-1-3-7-15/h1-12H,13-14H2,(H,28,31). The number of nitrogens with zero attached hydrogens (tertiary/aromatic N) is 2. The molecule has 0 bridgehead atoms. The topological polar surface area (TPSA) is 109 Å². The Kier molecular flexibility index (Phi) is 5.80. The molecule has 0 radical (unpaired) electrons. The van der Waals surface area contributed by atoms with E-state index < -0.39 is 24.8 Å². The van der Waals surface area contributed by atoms with Crippen LogP contribution in [0.1, 0.15) is 16.1 Å². The molecule has 36 heavy (non-hydrogen) atoms. The van der Waals surface area contributed by atoms with Crippen LogP contribution in [-0.2, 0) is 16.1 Å². The molecule has 1 aliphatic heterocycles. The van der Waals surface area contributed by atoms with Crippen molar-refractivity contribution in [2.24, 2.45) is 0 Å². The lowest BCUT2D eigenvalue weighted by atomic mass is 10.1. The van der Waals surface area contributed by atoms with Gasteiger partial charge >= 0.3 is 12.3 Å². The Morgan fingerprint density at radius 3 is 2.42 bits per heavy atom. The van der Waals surface area contributed by atoms with Crippen molar-refractivity contribution in [1.29, 1.82) is 0 Å². The third-order valence-corrected chi connectivity index (χ3v) is 5.26. The fourth-order valence-electron chi connectivity index (χ4n) is 3.67. The maximum atomic E-state index is 13.2. The molecule has 9 nitrogen and oxygen atoms in total. The van der Waals surface area contributed by atoms with Gasteiger partial charge in [0.2, 0.25) is 0 Å². The van der Waals surface area contributed by atoms with Crippen LogP contribution in [-0.4, -0.2) is 34.6 Å². The number of anilines is 1.